The summed E-state index contributed by atoms with van der Waals surface area (Å²) in [6.07, 6.45) is 5.35. The second-order valence-electron chi connectivity index (χ2n) is 15.0. The second-order valence-corrected chi connectivity index (χ2v) is 17.7. The quantitative estimate of drug-likeness (QED) is 0.132. The second kappa shape index (κ2) is 18.7. The van der Waals surface area contributed by atoms with E-state index in [2.05, 4.69) is 48.3 Å². The fourth-order valence-corrected chi connectivity index (χ4v) is 9.52. The predicted octanol–water partition coefficient (Wildman–Crippen LogP) is 10.9. The van der Waals surface area contributed by atoms with Crippen LogP contribution in [0.25, 0.3) is 67.4 Å². The molecule has 0 bridgehead atoms. The Morgan fingerprint density at radius 2 is 1.19 bits per heavy atom. The third-order valence-corrected chi connectivity index (χ3v) is 13.1. The number of oxazole rings is 2. The largest absolute Gasteiger partial charge is 0.480 e. The first-order valence-corrected chi connectivity index (χ1v) is 22.9. The molecular formula is C50H47N3O7S2. The number of fused-ring (bicyclic) bond motifs is 2. The average Bonchev–Trinajstić information content (AvgIpc) is 4.02. The lowest BCUT2D eigenvalue weighted by Gasteiger charge is -2.22. The maximum Gasteiger partial charge on any atom is 0.320 e. The normalized spacial score (nSPS) is 14.8. The monoisotopic (exact) mass is 865 g/mol. The van der Waals surface area contributed by atoms with Gasteiger partial charge in [0.1, 0.15) is 17.1 Å². The lowest BCUT2D eigenvalue weighted by molar-refractivity contribution is -0.142. The van der Waals surface area contributed by atoms with Gasteiger partial charge in [-0.2, -0.15) is 0 Å². The first-order chi connectivity index (χ1) is 29.5. The van der Waals surface area contributed by atoms with Crippen LogP contribution in [-0.4, -0.2) is 65.7 Å². The number of carbonyl (C=O) groups is 2. The van der Waals surface area contributed by atoms with Crippen LogP contribution < -0.4 is 0 Å². The van der Waals surface area contributed by atoms with Crippen LogP contribution in [0.15, 0.2) is 140 Å². The van der Waals surface area contributed by atoms with Gasteiger partial charge in [0.15, 0.2) is 17.5 Å². The van der Waals surface area contributed by atoms with E-state index in [0.29, 0.717) is 75.1 Å². The topological polar surface area (TPSA) is 144 Å². The Kier molecular flexibility index (Phi) is 13.2. The third kappa shape index (κ3) is 8.85. The van der Waals surface area contributed by atoms with Crippen molar-refractivity contribution in [1.82, 2.24) is 14.9 Å². The van der Waals surface area contributed by atoms with E-state index in [4.69, 9.17) is 13.8 Å². The van der Waals surface area contributed by atoms with Gasteiger partial charge in [-0.05, 0) is 109 Å². The maximum atomic E-state index is 12.5. The van der Waals surface area contributed by atoms with Crippen molar-refractivity contribution in [2.75, 3.05) is 19.1 Å². The van der Waals surface area contributed by atoms with E-state index in [1.165, 1.54) is 0 Å². The molecule has 3 atom stereocenters. The van der Waals surface area contributed by atoms with Gasteiger partial charge < -0.3 is 13.9 Å². The number of carbonyl (C=O) groups excluding carboxylic acids is 1. The van der Waals surface area contributed by atoms with E-state index >= 15 is 0 Å². The van der Waals surface area contributed by atoms with Crippen molar-refractivity contribution >= 4 is 56.1 Å². The number of aldehydes is 1. The molecule has 6 aromatic carbocycles. The minimum Gasteiger partial charge on any atom is -0.480 e. The molecule has 2 aromatic heterocycles. The van der Waals surface area contributed by atoms with E-state index in [1.54, 1.807) is 30.7 Å². The van der Waals surface area contributed by atoms with Crippen LogP contribution in [0.3, 0.4) is 0 Å². The van der Waals surface area contributed by atoms with E-state index in [0.717, 1.165) is 56.5 Å². The van der Waals surface area contributed by atoms with Gasteiger partial charge >= 0.3 is 5.97 Å². The Morgan fingerprint density at radius 1 is 0.710 bits per heavy atom. The number of rotatable bonds is 10. The van der Waals surface area contributed by atoms with Crippen molar-refractivity contribution in [1.29, 1.82) is 0 Å². The smallest absolute Gasteiger partial charge is 0.320 e. The first-order valence-electron chi connectivity index (χ1n) is 19.8. The van der Waals surface area contributed by atoms with Crippen LogP contribution in [0, 0.1) is 13.8 Å². The highest BCUT2D eigenvalue weighted by atomic mass is 32.2. The zero-order chi connectivity index (χ0) is 42.8. The minimum atomic E-state index is -1.28. The number of carboxylic acid groups (broad SMARTS) is 1. The predicted molar refractivity (Wildman–Crippen MR) is 247 cm³/mol. The molecule has 2 unspecified atom stereocenters. The van der Waals surface area contributed by atoms with Crippen molar-refractivity contribution in [3.63, 3.8) is 0 Å². The van der Waals surface area contributed by atoms with Crippen LogP contribution in [0.2, 0.25) is 0 Å². The summed E-state index contributed by atoms with van der Waals surface area (Å²) in [4.78, 5) is 35.3. The van der Waals surface area contributed by atoms with Crippen molar-refractivity contribution in [2.45, 2.75) is 56.5 Å². The van der Waals surface area contributed by atoms with Crippen LogP contribution >= 0.6 is 0 Å². The number of carboxylic acids is 1. The number of hydrogen-bond donors (Lipinski definition) is 1. The molecule has 3 heterocycles. The van der Waals surface area contributed by atoms with Gasteiger partial charge in [-0.1, -0.05) is 92.4 Å². The lowest BCUT2D eigenvalue weighted by Crippen LogP contribution is -2.35. The summed E-state index contributed by atoms with van der Waals surface area (Å²) in [7, 11) is -2.53. The maximum absolute atomic E-state index is 12.5. The van der Waals surface area contributed by atoms with Crippen LogP contribution in [0.4, 0.5) is 0 Å². The number of nitrogens with zero attached hydrogens (tertiary/aromatic N) is 3. The number of benzene rings is 6. The molecule has 0 saturated carbocycles. The summed E-state index contributed by atoms with van der Waals surface area (Å²) in [5.41, 5.74) is 11.9. The van der Waals surface area contributed by atoms with Gasteiger partial charge in [-0.25, -0.2) is 9.97 Å². The van der Waals surface area contributed by atoms with Crippen molar-refractivity contribution in [3.05, 3.63) is 144 Å². The average molecular weight is 866 g/mol. The number of aliphatic carboxylic acids is 1. The molecule has 10 nitrogen and oxygen atoms in total. The molecule has 62 heavy (non-hydrogen) atoms. The van der Waals surface area contributed by atoms with Gasteiger partial charge in [0.2, 0.25) is 11.8 Å². The molecule has 9 rings (SSSR count). The van der Waals surface area contributed by atoms with Gasteiger partial charge in [-0.3, -0.25) is 22.9 Å². The summed E-state index contributed by atoms with van der Waals surface area (Å²) in [6.45, 7) is 5.23. The Balaban J connectivity index is 0.000000188. The van der Waals surface area contributed by atoms with Gasteiger partial charge in [0.25, 0.3) is 0 Å². The van der Waals surface area contributed by atoms with E-state index < -0.39 is 33.6 Å². The number of aromatic nitrogens is 2. The molecular weight excluding hydrogens is 819 g/mol. The molecule has 0 amide bonds. The molecule has 12 heteroatoms. The van der Waals surface area contributed by atoms with Crippen molar-refractivity contribution in [3.8, 4) is 45.2 Å². The Labute approximate surface area is 365 Å². The molecule has 0 radical (unpaired) electrons. The first kappa shape index (κ1) is 43.7. The van der Waals surface area contributed by atoms with Crippen LogP contribution in [-0.2, 0) is 32.9 Å². The fourth-order valence-electron chi connectivity index (χ4n) is 8.04. The zero-order valence-corrected chi connectivity index (χ0v) is 35.7. The third-order valence-electron chi connectivity index (χ3n) is 11.2. The molecule has 1 aliphatic heterocycles. The summed E-state index contributed by atoms with van der Waals surface area (Å²) < 4.78 is 36.5. The van der Waals surface area contributed by atoms with Gasteiger partial charge in [0.05, 0.1) is 26.5 Å². The zero-order valence-electron chi connectivity index (χ0n) is 34.1. The molecule has 0 spiro atoms. The molecule has 0 aliphatic carbocycles. The highest BCUT2D eigenvalue weighted by Gasteiger charge is 2.31. The Morgan fingerprint density at radius 3 is 1.68 bits per heavy atom. The molecule has 316 valence electrons. The summed E-state index contributed by atoms with van der Waals surface area (Å²) in [6, 6.07) is 38.9. The van der Waals surface area contributed by atoms with Crippen LogP contribution in [0.1, 0.15) is 47.3 Å². The Bertz CT molecular complexity index is 2980. The number of likely N-dealkylation sites (tertiary alicyclic amines) is 1. The van der Waals surface area contributed by atoms with Gasteiger partial charge in [-0.15, -0.1) is 0 Å². The summed E-state index contributed by atoms with van der Waals surface area (Å²) >= 11 is 0. The van der Waals surface area contributed by atoms with Crippen LogP contribution in [0.5, 0.6) is 0 Å². The molecule has 1 fully saturated rings. The molecule has 1 saturated heterocycles. The van der Waals surface area contributed by atoms with E-state index in [-0.39, 0.29) is 7.43 Å². The Hall–Kier alpha value is -6.34. The van der Waals surface area contributed by atoms with E-state index in [9.17, 15) is 23.1 Å². The standard InChI is InChI=1S/C27H26N2O4S.C22H17NO3S.CH4/c1-17-20(18-8-4-3-5-9-18)10-6-11-21(17)26-28-22-14-19(25(34(2)32)15-24(22)33-26)16-29-13-7-12-23(29)27(30)31;1-14-17(15-7-4-3-5-8-15)9-6-10-18(14)22-23-19-11-16(13-24)21(27(2)25)12-20(19)26-22;/h3-6,8-11,14-15,23H,7,12-13,16H2,1-2H3,(H,30,31);3-13H,1-2H3;1H4/t23-,34?;;/m0../s1. The molecule has 1 N–H and O–H groups in total. The summed E-state index contributed by atoms with van der Waals surface area (Å²) in [5, 5.41) is 9.54. The summed E-state index contributed by atoms with van der Waals surface area (Å²) in [5.74, 6) is 0.186. The number of hydrogen-bond acceptors (Lipinski definition) is 9. The SMILES string of the molecule is C.Cc1c(-c2ccccc2)cccc1-c1nc2cc(C=O)c(S(C)=O)cc2o1.Cc1c(-c2ccccc2)cccc1-c1nc2cc(CN3CCC[C@H]3C(=O)O)c(S(C)=O)cc2o1. The molecule has 1 aliphatic rings. The van der Waals surface area contributed by atoms with Crippen molar-refractivity contribution in [2.24, 2.45) is 0 Å². The van der Waals surface area contributed by atoms with Gasteiger partial charge in [0, 0.05) is 40.6 Å². The van der Waals surface area contributed by atoms with E-state index in [1.807, 2.05) is 78.6 Å². The highest BCUT2D eigenvalue weighted by Crippen LogP contribution is 2.36. The lowest BCUT2D eigenvalue weighted by atomic mass is 9.96. The fraction of sp³-hybridized carbons (Fsp3) is 0.200. The highest BCUT2D eigenvalue weighted by molar-refractivity contribution is 7.84. The minimum absolute atomic E-state index is 0. The molecule has 8 aromatic rings. The van der Waals surface area contributed by atoms with Crippen molar-refractivity contribution < 1.29 is 31.9 Å².